The summed E-state index contributed by atoms with van der Waals surface area (Å²) in [5.41, 5.74) is 4.19. The second-order valence-electron chi connectivity index (χ2n) is 5.38. The number of amides is 1. The number of para-hydroxylation sites is 2. The van der Waals surface area contributed by atoms with E-state index in [2.05, 4.69) is 20.5 Å². The van der Waals surface area contributed by atoms with E-state index >= 15 is 0 Å². The van der Waals surface area contributed by atoms with Gasteiger partial charge in [0.25, 0.3) is 5.56 Å². The van der Waals surface area contributed by atoms with Gasteiger partial charge in [-0.05, 0) is 29.8 Å². The summed E-state index contributed by atoms with van der Waals surface area (Å²) in [6.07, 6.45) is 1.61. The molecule has 0 fully saturated rings. The van der Waals surface area contributed by atoms with E-state index in [4.69, 9.17) is 0 Å². The number of fused-ring (bicyclic) bond motifs is 1. The summed E-state index contributed by atoms with van der Waals surface area (Å²) >= 11 is 0. The zero-order valence-corrected chi connectivity index (χ0v) is 13.2. The van der Waals surface area contributed by atoms with Gasteiger partial charge >= 0.3 is 0 Å². The first kappa shape index (κ1) is 16.5. The first-order valence-electron chi connectivity index (χ1n) is 7.67. The van der Waals surface area contributed by atoms with Gasteiger partial charge in [0.05, 0.1) is 17.2 Å². The number of aromatic nitrogens is 2. The van der Waals surface area contributed by atoms with Crippen molar-refractivity contribution in [2.75, 3.05) is 0 Å². The number of aryl methyl sites for hydroxylation is 1. The third-order valence-electron chi connectivity index (χ3n) is 3.51. The van der Waals surface area contributed by atoms with Crippen LogP contribution in [0, 0.1) is 5.82 Å². The van der Waals surface area contributed by atoms with E-state index in [-0.39, 0.29) is 30.1 Å². The highest BCUT2D eigenvalue weighted by atomic mass is 19.1. The zero-order valence-electron chi connectivity index (χ0n) is 13.2. The molecule has 0 saturated carbocycles. The van der Waals surface area contributed by atoms with Crippen molar-refractivity contribution in [2.45, 2.75) is 12.8 Å². The number of hydrazone groups is 1. The molecule has 0 atom stereocenters. The van der Waals surface area contributed by atoms with Gasteiger partial charge in [-0.3, -0.25) is 9.59 Å². The van der Waals surface area contributed by atoms with Gasteiger partial charge in [-0.25, -0.2) is 14.8 Å². The molecule has 0 spiro atoms. The fourth-order valence-corrected chi connectivity index (χ4v) is 2.29. The van der Waals surface area contributed by atoms with Crippen LogP contribution in [0.2, 0.25) is 0 Å². The minimum Gasteiger partial charge on any atom is -0.319 e. The first-order chi connectivity index (χ1) is 12.1. The standard InChI is InChI=1S/C18H15FN4O2/c19-13-5-3-4-12(10-13)11-20-23-17(24)9-8-16-18(25)22-15-7-2-1-6-14(15)21-16/h1-7,10-11H,8-9H2,(H,22,25)(H,23,24)/b20-11+. The number of carbonyl (C=O) groups excluding carboxylic acids is 1. The number of benzene rings is 2. The Kier molecular flexibility index (Phi) is 4.94. The molecule has 25 heavy (non-hydrogen) atoms. The number of nitrogens with zero attached hydrogens (tertiary/aromatic N) is 2. The van der Waals surface area contributed by atoms with E-state index < -0.39 is 0 Å². The molecule has 6 nitrogen and oxygen atoms in total. The van der Waals surface area contributed by atoms with Crippen molar-refractivity contribution in [3.05, 3.63) is 76.0 Å². The van der Waals surface area contributed by atoms with Crippen LogP contribution in [0.15, 0.2) is 58.4 Å². The predicted octanol–water partition coefficient (Wildman–Crippen LogP) is 2.15. The summed E-state index contributed by atoms with van der Waals surface area (Å²) in [5, 5.41) is 3.77. The van der Waals surface area contributed by atoms with E-state index in [1.54, 1.807) is 24.3 Å². The number of carbonyl (C=O) groups is 1. The van der Waals surface area contributed by atoms with E-state index in [1.165, 1.54) is 18.3 Å². The highest BCUT2D eigenvalue weighted by Crippen LogP contribution is 2.06. The van der Waals surface area contributed by atoms with Gasteiger partial charge < -0.3 is 4.98 Å². The maximum absolute atomic E-state index is 13.0. The van der Waals surface area contributed by atoms with Crippen molar-refractivity contribution in [3.8, 4) is 0 Å². The SMILES string of the molecule is O=C(CCc1nc2ccccc2[nH]c1=O)N/N=C/c1cccc(F)c1. The molecule has 0 saturated heterocycles. The largest absolute Gasteiger partial charge is 0.319 e. The topological polar surface area (TPSA) is 87.2 Å². The lowest BCUT2D eigenvalue weighted by molar-refractivity contribution is -0.121. The fraction of sp³-hybridized carbons (Fsp3) is 0.111. The Balaban J connectivity index is 1.59. The lowest BCUT2D eigenvalue weighted by Crippen LogP contribution is -2.21. The molecule has 7 heteroatoms. The normalized spacial score (nSPS) is 11.1. The number of H-pyrrole nitrogens is 1. The minimum atomic E-state index is -0.378. The maximum Gasteiger partial charge on any atom is 0.270 e. The Bertz CT molecular complexity index is 998. The number of halogens is 1. The molecule has 0 aliphatic rings. The van der Waals surface area contributed by atoms with Gasteiger partial charge in [0, 0.05) is 12.8 Å². The highest BCUT2D eigenvalue weighted by molar-refractivity contribution is 5.82. The molecule has 0 aliphatic carbocycles. The molecule has 0 unspecified atom stereocenters. The van der Waals surface area contributed by atoms with Crippen molar-refractivity contribution in [3.63, 3.8) is 0 Å². The smallest absolute Gasteiger partial charge is 0.270 e. The Hall–Kier alpha value is -3.35. The summed E-state index contributed by atoms with van der Waals surface area (Å²) in [5.74, 6) is -0.737. The Morgan fingerprint density at radius 1 is 1.24 bits per heavy atom. The molecule has 1 aromatic heterocycles. The molecule has 126 valence electrons. The number of aromatic amines is 1. The summed E-state index contributed by atoms with van der Waals surface area (Å²) in [4.78, 5) is 30.8. The average molecular weight is 338 g/mol. The fourth-order valence-electron chi connectivity index (χ4n) is 2.29. The Labute approximate surface area is 142 Å². The summed E-state index contributed by atoms with van der Waals surface area (Å²) in [7, 11) is 0. The monoisotopic (exact) mass is 338 g/mol. The molecule has 0 aliphatic heterocycles. The van der Waals surface area contributed by atoms with Crippen molar-refractivity contribution < 1.29 is 9.18 Å². The second kappa shape index (κ2) is 7.48. The first-order valence-corrected chi connectivity index (χ1v) is 7.67. The van der Waals surface area contributed by atoms with Gasteiger partial charge in [-0.1, -0.05) is 24.3 Å². The summed E-state index contributed by atoms with van der Waals surface area (Å²) in [6.45, 7) is 0. The molecule has 3 rings (SSSR count). The lowest BCUT2D eigenvalue weighted by atomic mass is 10.2. The molecule has 0 bridgehead atoms. The third-order valence-corrected chi connectivity index (χ3v) is 3.51. The number of hydrogen-bond acceptors (Lipinski definition) is 4. The van der Waals surface area contributed by atoms with Gasteiger partial charge in [-0.2, -0.15) is 5.10 Å². The summed E-state index contributed by atoms with van der Waals surface area (Å²) in [6, 6.07) is 13.0. The lowest BCUT2D eigenvalue weighted by Gasteiger charge is -2.02. The van der Waals surface area contributed by atoms with Crippen molar-refractivity contribution >= 4 is 23.2 Å². The van der Waals surface area contributed by atoms with Crippen LogP contribution in [0.5, 0.6) is 0 Å². The van der Waals surface area contributed by atoms with Gasteiger partial charge in [0.2, 0.25) is 5.91 Å². The van der Waals surface area contributed by atoms with Crippen LogP contribution in [-0.4, -0.2) is 22.1 Å². The predicted molar refractivity (Wildman–Crippen MR) is 92.8 cm³/mol. The highest BCUT2D eigenvalue weighted by Gasteiger charge is 2.07. The van der Waals surface area contributed by atoms with Crippen LogP contribution >= 0.6 is 0 Å². The zero-order chi connectivity index (χ0) is 17.6. The summed E-state index contributed by atoms with van der Waals surface area (Å²) < 4.78 is 13.0. The van der Waals surface area contributed by atoms with Crippen LogP contribution in [-0.2, 0) is 11.2 Å². The van der Waals surface area contributed by atoms with Crippen LogP contribution < -0.4 is 11.0 Å². The average Bonchev–Trinajstić information content (AvgIpc) is 2.60. The van der Waals surface area contributed by atoms with E-state index in [0.29, 0.717) is 22.3 Å². The van der Waals surface area contributed by atoms with Crippen LogP contribution in [0.3, 0.4) is 0 Å². The second-order valence-corrected chi connectivity index (χ2v) is 5.38. The minimum absolute atomic E-state index is 0.0644. The third kappa shape index (κ3) is 4.35. The number of nitrogens with one attached hydrogen (secondary N) is 2. The Morgan fingerprint density at radius 2 is 2.08 bits per heavy atom. The molecular weight excluding hydrogens is 323 g/mol. The maximum atomic E-state index is 13.0. The van der Waals surface area contributed by atoms with Crippen molar-refractivity contribution in [1.82, 2.24) is 15.4 Å². The number of hydrogen-bond donors (Lipinski definition) is 2. The van der Waals surface area contributed by atoms with Crippen LogP contribution in [0.1, 0.15) is 17.7 Å². The molecule has 1 heterocycles. The molecular formula is C18H15FN4O2. The van der Waals surface area contributed by atoms with Crippen LogP contribution in [0.25, 0.3) is 11.0 Å². The molecule has 2 aromatic carbocycles. The van der Waals surface area contributed by atoms with E-state index in [0.717, 1.165) is 0 Å². The Morgan fingerprint density at radius 3 is 2.92 bits per heavy atom. The number of rotatable bonds is 5. The van der Waals surface area contributed by atoms with Gasteiger partial charge in [0.1, 0.15) is 11.5 Å². The van der Waals surface area contributed by atoms with Crippen molar-refractivity contribution in [1.29, 1.82) is 0 Å². The van der Waals surface area contributed by atoms with E-state index in [1.807, 2.05) is 12.1 Å². The van der Waals surface area contributed by atoms with Crippen LogP contribution in [0.4, 0.5) is 4.39 Å². The molecule has 1 amide bonds. The molecule has 2 N–H and O–H groups in total. The van der Waals surface area contributed by atoms with Gasteiger partial charge in [0.15, 0.2) is 0 Å². The van der Waals surface area contributed by atoms with E-state index in [9.17, 15) is 14.0 Å². The quantitative estimate of drug-likeness (QED) is 0.552. The van der Waals surface area contributed by atoms with Gasteiger partial charge in [-0.15, -0.1) is 0 Å². The molecule has 3 aromatic rings. The van der Waals surface area contributed by atoms with Crippen molar-refractivity contribution in [2.24, 2.45) is 5.10 Å². The molecule has 0 radical (unpaired) electrons.